The normalized spacial score (nSPS) is 16.8. The number of rotatable bonds is 6. The first-order valence-corrected chi connectivity index (χ1v) is 9.58. The Morgan fingerprint density at radius 3 is 2.52 bits per heavy atom. The average molecular weight is 359 g/mol. The lowest BCUT2D eigenvalue weighted by Gasteiger charge is -2.25. The van der Waals surface area contributed by atoms with E-state index in [9.17, 15) is 4.79 Å². The van der Waals surface area contributed by atoms with E-state index in [1.165, 1.54) is 0 Å². The first-order valence-electron chi connectivity index (χ1n) is 8.76. The summed E-state index contributed by atoms with van der Waals surface area (Å²) in [5.41, 5.74) is 2.31. The quantitative estimate of drug-likeness (QED) is 0.784. The minimum atomic E-state index is 0.102. The van der Waals surface area contributed by atoms with Crippen LogP contribution in [0.4, 0.5) is 5.69 Å². The second-order valence-corrected chi connectivity index (χ2v) is 8.08. The molecule has 25 heavy (non-hydrogen) atoms. The van der Waals surface area contributed by atoms with E-state index in [4.69, 9.17) is 4.74 Å². The molecule has 2 aromatic rings. The molecule has 1 aliphatic rings. The SMILES string of the molecule is Cc1ccc(C(=O)N(Cc2ccc(N(C)C)cc2)C[C@@H]2CCCO2)s1. The van der Waals surface area contributed by atoms with Gasteiger partial charge in [0.05, 0.1) is 11.0 Å². The molecule has 134 valence electrons. The molecule has 1 saturated heterocycles. The third kappa shape index (κ3) is 4.61. The summed E-state index contributed by atoms with van der Waals surface area (Å²) in [7, 11) is 4.06. The summed E-state index contributed by atoms with van der Waals surface area (Å²) in [5, 5.41) is 0. The van der Waals surface area contributed by atoms with Crippen molar-refractivity contribution in [3.63, 3.8) is 0 Å². The molecule has 4 nitrogen and oxygen atoms in total. The zero-order valence-electron chi connectivity index (χ0n) is 15.2. The number of anilines is 1. The van der Waals surface area contributed by atoms with Gasteiger partial charge in [-0.3, -0.25) is 4.79 Å². The molecule has 0 N–H and O–H groups in total. The van der Waals surface area contributed by atoms with Crippen molar-refractivity contribution < 1.29 is 9.53 Å². The highest BCUT2D eigenvalue weighted by atomic mass is 32.1. The minimum Gasteiger partial charge on any atom is -0.378 e. The van der Waals surface area contributed by atoms with Gasteiger partial charge in [0, 0.05) is 44.4 Å². The third-order valence-corrected chi connectivity index (χ3v) is 5.50. The monoisotopic (exact) mass is 358 g/mol. The van der Waals surface area contributed by atoms with Crippen LogP contribution in [0.25, 0.3) is 0 Å². The van der Waals surface area contributed by atoms with Crippen LogP contribution in [0.15, 0.2) is 36.4 Å². The van der Waals surface area contributed by atoms with E-state index in [-0.39, 0.29) is 12.0 Å². The molecule has 1 aromatic carbocycles. The first-order chi connectivity index (χ1) is 12.0. The van der Waals surface area contributed by atoms with Gasteiger partial charge in [-0.2, -0.15) is 0 Å². The van der Waals surface area contributed by atoms with E-state index < -0.39 is 0 Å². The first kappa shape index (κ1) is 18.0. The van der Waals surface area contributed by atoms with Gasteiger partial charge < -0.3 is 14.5 Å². The van der Waals surface area contributed by atoms with Crippen molar-refractivity contribution >= 4 is 22.9 Å². The number of carbonyl (C=O) groups excluding carboxylic acids is 1. The third-order valence-electron chi connectivity index (χ3n) is 4.51. The van der Waals surface area contributed by atoms with Gasteiger partial charge in [-0.05, 0) is 49.6 Å². The van der Waals surface area contributed by atoms with Gasteiger partial charge in [-0.1, -0.05) is 12.1 Å². The Morgan fingerprint density at radius 2 is 1.96 bits per heavy atom. The number of hydrogen-bond acceptors (Lipinski definition) is 4. The average Bonchev–Trinajstić information content (AvgIpc) is 3.26. The summed E-state index contributed by atoms with van der Waals surface area (Å²) in [5.74, 6) is 0.102. The van der Waals surface area contributed by atoms with Crippen molar-refractivity contribution in [1.82, 2.24) is 4.90 Å². The van der Waals surface area contributed by atoms with Gasteiger partial charge in [-0.15, -0.1) is 11.3 Å². The number of amides is 1. The number of aryl methyl sites for hydroxylation is 1. The molecule has 0 aliphatic carbocycles. The maximum absolute atomic E-state index is 13.0. The fourth-order valence-electron chi connectivity index (χ4n) is 3.08. The van der Waals surface area contributed by atoms with Crippen molar-refractivity contribution in [2.75, 3.05) is 32.1 Å². The molecule has 1 atom stereocenters. The number of thiophene rings is 1. The molecule has 1 aromatic heterocycles. The topological polar surface area (TPSA) is 32.8 Å². The summed E-state index contributed by atoms with van der Waals surface area (Å²) in [6.07, 6.45) is 2.28. The fraction of sp³-hybridized carbons (Fsp3) is 0.450. The lowest BCUT2D eigenvalue weighted by atomic mass is 10.1. The lowest BCUT2D eigenvalue weighted by Crippen LogP contribution is -2.36. The van der Waals surface area contributed by atoms with E-state index in [0.29, 0.717) is 13.1 Å². The summed E-state index contributed by atoms with van der Waals surface area (Å²) in [6.45, 7) is 4.11. The van der Waals surface area contributed by atoms with Crippen molar-refractivity contribution in [3.05, 3.63) is 51.7 Å². The molecule has 1 aliphatic heterocycles. The highest BCUT2D eigenvalue weighted by Crippen LogP contribution is 2.22. The minimum absolute atomic E-state index is 0.102. The van der Waals surface area contributed by atoms with Crippen molar-refractivity contribution in [2.45, 2.75) is 32.4 Å². The van der Waals surface area contributed by atoms with Crippen LogP contribution in [0.1, 0.15) is 33.0 Å². The molecular formula is C20H26N2O2S. The van der Waals surface area contributed by atoms with Gasteiger partial charge in [0.2, 0.25) is 0 Å². The maximum Gasteiger partial charge on any atom is 0.264 e. The summed E-state index contributed by atoms with van der Waals surface area (Å²) in [6, 6.07) is 12.3. The van der Waals surface area contributed by atoms with Gasteiger partial charge in [0.25, 0.3) is 5.91 Å². The Kier molecular flexibility index (Phi) is 5.76. The molecular weight excluding hydrogens is 332 g/mol. The fourth-order valence-corrected chi connectivity index (χ4v) is 3.91. The van der Waals surface area contributed by atoms with Crippen LogP contribution in [0, 0.1) is 6.92 Å². The molecule has 0 radical (unpaired) electrons. The summed E-state index contributed by atoms with van der Waals surface area (Å²) < 4.78 is 5.77. The highest BCUT2D eigenvalue weighted by molar-refractivity contribution is 7.13. The molecule has 0 spiro atoms. The van der Waals surface area contributed by atoms with E-state index in [1.54, 1.807) is 11.3 Å². The predicted octanol–water partition coefficient (Wildman–Crippen LogP) is 3.94. The zero-order chi connectivity index (χ0) is 17.8. The maximum atomic E-state index is 13.0. The molecule has 0 saturated carbocycles. The summed E-state index contributed by atoms with van der Waals surface area (Å²) >= 11 is 1.56. The van der Waals surface area contributed by atoms with Crippen molar-refractivity contribution in [1.29, 1.82) is 0 Å². The predicted molar refractivity (Wildman–Crippen MR) is 104 cm³/mol. The second kappa shape index (κ2) is 8.02. The van der Waals surface area contributed by atoms with Crippen LogP contribution >= 0.6 is 11.3 Å². The Bertz CT molecular complexity index is 703. The van der Waals surface area contributed by atoms with Crippen molar-refractivity contribution in [2.24, 2.45) is 0 Å². The Hall–Kier alpha value is -1.85. The van der Waals surface area contributed by atoms with Gasteiger partial charge in [-0.25, -0.2) is 0 Å². The molecule has 1 fully saturated rings. The van der Waals surface area contributed by atoms with Gasteiger partial charge in [0.1, 0.15) is 0 Å². The van der Waals surface area contributed by atoms with E-state index in [0.717, 1.165) is 40.5 Å². The smallest absolute Gasteiger partial charge is 0.264 e. The standard InChI is InChI=1S/C20H26N2O2S/c1-15-6-11-19(25-15)20(23)22(14-18-5-4-12-24-18)13-16-7-9-17(10-8-16)21(2)3/h6-11,18H,4-5,12-14H2,1-3H3/t18-/m0/s1. The van der Waals surface area contributed by atoms with Crippen LogP contribution in [-0.2, 0) is 11.3 Å². The Morgan fingerprint density at radius 1 is 1.20 bits per heavy atom. The number of carbonyl (C=O) groups is 1. The van der Waals surface area contributed by atoms with Gasteiger partial charge >= 0.3 is 0 Å². The summed E-state index contributed by atoms with van der Waals surface area (Å²) in [4.78, 5) is 19.0. The molecule has 3 rings (SSSR count). The van der Waals surface area contributed by atoms with Crippen LogP contribution in [0.2, 0.25) is 0 Å². The number of ether oxygens (including phenoxy) is 1. The highest BCUT2D eigenvalue weighted by Gasteiger charge is 2.24. The number of hydrogen-bond donors (Lipinski definition) is 0. The second-order valence-electron chi connectivity index (χ2n) is 6.79. The van der Waals surface area contributed by atoms with E-state index in [1.807, 2.05) is 38.1 Å². The largest absolute Gasteiger partial charge is 0.378 e. The number of benzene rings is 1. The van der Waals surface area contributed by atoms with Crippen molar-refractivity contribution in [3.8, 4) is 0 Å². The Labute approximate surface area is 154 Å². The van der Waals surface area contributed by atoms with E-state index in [2.05, 4.69) is 29.2 Å². The van der Waals surface area contributed by atoms with E-state index >= 15 is 0 Å². The number of nitrogens with zero attached hydrogens (tertiary/aromatic N) is 2. The molecule has 0 bridgehead atoms. The molecule has 5 heteroatoms. The van der Waals surface area contributed by atoms with Crippen LogP contribution in [0.3, 0.4) is 0 Å². The van der Waals surface area contributed by atoms with Crippen LogP contribution in [-0.4, -0.2) is 44.2 Å². The molecule has 2 heterocycles. The van der Waals surface area contributed by atoms with Crippen LogP contribution < -0.4 is 4.90 Å². The Balaban J connectivity index is 1.76. The molecule has 0 unspecified atom stereocenters. The lowest BCUT2D eigenvalue weighted by molar-refractivity contribution is 0.0511. The van der Waals surface area contributed by atoms with Crippen LogP contribution in [0.5, 0.6) is 0 Å². The molecule has 1 amide bonds. The zero-order valence-corrected chi connectivity index (χ0v) is 16.0. The van der Waals surface area contributed by atoms with Gasteiger partial charge in [0.15, 0.2) is 0 Å².